The van der Waals surface area contributed by atoms with Gasteiger partial charge in [-0.05, 0) is 28.5 Å². The van der Waals surface area contributed by atoms with Gasteiger partial charge in [-0.1, -0.05) is 164 Å². The highest BCUT2D eigenvalue weighted by Gasteiger charge is 2.21. The molecule has 48 heavy (non-hydrogen) atoms. The highest BCUT2D eigenvalue weighted by atomic mass is 14.9. The van der Waals surface area contributed by atoms with E-state index >= 15 is 0 Å². The first kappa shape index (κ1) is 27.8. The van der Waals surface area contributed by atoms with Crippen LogP contribution in [0.2, 0.25) is 0 Å². The molecule has 3 nitrogen and oxygen atoms in total. The minimum atomic E-state index is 0.697. The van der Waals surface area contributed by atoms with Crippen molar-refractivity contribution in [2.24, 2.45) is 0 Å². The lowest BCUT2D eigenvalue weighted by molar-refractivity contribution is 1.18. The largest absolute Gasteiger partial charge is 0.247 e. The van der Waals surface area contributed by atoms with Crippen LogP contribution in [0.15, 0.2) is 176 Å². The van der Waals surface area contributed by atoms with E-state index in [4.69, 9.17) is 15.0 Å². The third-order valence-corrected chi connectivity index (χ3v) is 9.05. The van der Waals surface area contributed by atoms with Crippen LogP contribution in [0.5, 0.6) is 0 Å². The number of fused-ring (bicyclic) bond motifs is 5. The molecule has 2 heterocycles. The zero-order valence-corrected chi connectivity index (χ0v) is 26.1. The Morgan fingerprint density at radius 1 is 0.312 bits per heavy atom. The molecule has 0 aliphatic heterocycles. The van der Waals surface area contributed by atoms with E-state index in [1.807, 2.05) is 30.3 Å². The molecule has 0 fully saturated rings. The van der Waals surface area contributed by atoms with E-state index in [9.17, 15) is 0 Å². The molecule has 0 spiro atoms. The summed E-state index contributed by atoms with van der Waals surface area (Å²) in [7, 11) is 0. The average molecular weight is 612 g/mol. The molecule has 9 aromatic rings. The topological polar surface area (TPSA) is 38.7 Å². The number of para-hydroxylation sites is 1. The molecule has 224 valence electrons. The van der Waals surface area contributed by atoms with Crippen molar-refractivity contribution < 1.29 is 0 Å². The van der Waals surface area contributed by atoms with Gasteiger partial charge in [0.25, 0.3) is 0 Å². The summed E-state index contributed by atoms with van der Waals surface area (Å²) in [4.78, 5) is 15.9. The minimum absolute atomic E-state index is 0.697. The number of hydrogen-bond acceptors (Lipinski definition) is 3. The van der Waals surface area contributed by atoms with Crippen molar-refractivity contribution in [3.63, 3.8) is 0 Å². The summed E-state index contributed by atoms with van der Waals surface area (Å²) in [6.07, 6.45) is 0. The standard InChI is InChI=1S/C45H29N3/c1-4-16-31(17-5-1)43-40(44(32-18-6-2-7-19-32)48-45(47-43)33-20-8-3-9-21-33)34-22-14-23-35(29-34)42-38-28-27-30-15-10-11-24-36(30)41(38)37-25-12-13-26-39(37)46-42/h1-29H. The van der Waals surface area contributed by atoms with Crippen LogP contribution < -0.4 is 0 Å². The minimum Gasteiger partial charge on any atom is -0.247 e. The maximum absolute atomic E-state index is 5.30. The first-order valence-electron chi connectivity index (χ1n) is 16.2. The smallest absolute Gasteiger partial charge is 0.160 e. The Morgan fingerprint density at radius 2 is 0.854 bits per heavy atom. The Labute approximate surface area is 278 Å². The van der Waals surface area contributed by atoms with Gasteiger partial charge < -0.3 is 0 Å². The second-order valence-electron chi connectivity index (χ2n) is 12.0. The number of nitrogens with zero attached hydrogens (tertiary/aromatic N) is 3. The van der Waals surface area contributed by atoms with E-state index in [1.165, 1.54) is 16.2 Å². The van der Waals surface area contributed by atoms with E-state index in [2.05, 4.69) is 146 Å². The zero-order chi connectivity index (χ0) is 31.9. The van der Waals surface area contributed by atoms with Crippen molar-refractivity contribution in [1.29, 1.82) is 0 Å². The molecule has 2 aromatic heterocycles. The van der Waals surface area contributed by atoms with Gasteiger partial charge in [0, 0.05) is 44.0 Å². The van der Waals surface area contributed by atoms with Crippen molar-refractivity contribution in [3.8, 4) is 56.3 Å². The Morgan fingerprint density at radius 3 is 1.54 bits per heavy atom. The highest BCUT2D eigenvalue weighted by Crippen LogP contribution is 2.42. The van der Waals surface area contributed by atoms with E-state index in [0.717, 1.165) is 66.8 Å². The second kappa shape index (κ2) is 11.7. The molecule has 3 heteroatoms. The molecule has 0 aliphatic rings. The van der Waals surface area contributed by atoms with E-state index in [-0.39, 0.29) is 0 Å². The quantitative estimate of drug-likeness (QED) is 0.182. The third kappa shape index (κ3) is 4.81. The van der Waals surface area contributed by atoms with Gasteiger partial charge in [-0.25, -0.2) is 15.0 Å². The fourth-order valence-electron chi connectivity index (χ4n) is 6.82. The first-order valence-corrected chi connectivity index (χ1v) is 16.2. The molecule has 0 atom stereocenters. The monoisotopic (exact) mass is 611 g/mol. The zero-order valence-electron chi connectivity index (χ0n) is 26.1. The van der Waals surface area contributed by atoms with Crippen LogP contribution in [0, 0.1) is 0 Å². The van der Waals surface area contributed by atoms with Crippen LogP contribution in [0.25, 0.3) is 88.7 Å². The molecule has 7 aromatic carbocycles. The Hall–Kier alpha value is -6.45. The highest BCUT2D eigenvalue weighted by molar-refractivity contribution is 6.22. The van der Waals surface area contributed by atoms with Crippen LogP contribution in [-0.4, -0.2) is 15.0 Å². The lowest BCUT2D eigenvalue weighted by Crippen LogP contribution is -2.01. The number of benzene rings is 7. The Balaban J connectivity index is 1.34. The molecular weight excluding hydrogens is 583 g/mol. The lowest BCUT2D eigenvalue weighted by atomic mass is 9.91. The summed E-state index contributed by atoms with van der Waals surface area (Å²) in [6.45, 7) is 0. The van der Waals surface area contributed by atoms with Crippen LogP contribution in [0.1, 0.15) is 0 Å². The van der Waals surface area contributed by atoms with E-state index in [0.29, 0.717) is 5.82 Å². The predicted octanol–water partition coefficient (Wildman–Crippen LogP) is 11.7. The normalized spacial score (nSPS) is 11.3. The molecule has 9 rings (SSSR count). The van der Waals surface area contributed by atoms with Crippen LogP contribution in [0.3, 0.4) is 0 Å². The van der Waals surface area contributed by atoms with E-state index in [1.54, 1.807) is 0 Å². The van der Waals surface area contributed by atoms with Gasteiger partial charge >= 0.3 is 0 Å². The fourth-order valence-corrected chi connectivity index (χ4v) is 6.82. The molecule has 0 amide bonds. The molecule has 0 bridgehead atoms. The Kier molecular flexibility index (Phi) is 6.80. The summed E-state index contributed by atoms with van der Waals surface area (Å²) in [5.74, 6) is 0.697. The van der Waals surface area contributed by atoms with Crippen molar-refractivity contribution in [2.75, 3.05) is 0 Å². The molecule has 0 radical (unpaired) electrons. The van der Waals surface area contributed by atoms with Gasteiger partial charge in [-0.3, -0.25) is 0 Å². The molecule has 0 saturated carbocycles. The van der Waals surface area contributed by atoms with Crippen molar-refractivity contribution in [3.05, 3.63) is 176 Å². The molecular formula is C45H29N3. The Bertz CT molecular complexity index is 2520. The maximum atomic E-state index is 5.30. The van der Waals surface area contributed by atoms with Crippen molar-refractivity contribution >= 4 is 32.4 Å². The van der Waals surface area contributed by atoms with Crippen molar-refractivity contribution in [1.82, 2.24) is 15.0 Å². The predicted molar refractivity (Wildman–Crippen MR) is 200 cm³/mol. The van der Waals surface area contributed by atoms with Gasteiger partial charge in [-0.15, -0.1) is 0 Å². The van der Waals surface area contributed by atoms with Crippen LogP contribution in [0.4, 0.5) is 0 Å². The van der Waals surface area contributed by atoms with Gasteiger partial charge in [-0.2, -0.15) is 0 Å². The van der Waals surface area contributed by atoms with Crippen molar-refractivity contribution in [2.45, 2.75) is 0 Å². The van der Waals surface area contributed by atoms with Gasteiger partial charge in [0.2, 0.25) is 0 Å². The maximum Gasteiger partial charge on any atom is 0.160 e. The summed E-state index contributed by atoms with van der Waals surface area (Å²) >= 11 is 0. The summed E-state index contributed by atoms with van der Waals surface area (Å²) in [5.41, 5.74) is 9.84. The van der Waals surface area contributed by atoms with Gasteiger partial charge in [0.15, 0.2) is 5.82 Å². The third-order valence-electron chi connectivity index (χ3n) is 9.05. The summed E-state index contributed by atoms with van der Waals surface area (Å²) in [5, 5.41) is 5.97. The van der Waals surface area contributed by atoms with Crippen LogP contribution in [-0.2, 0) is 0 Å². The summed E-state index contributed by atoms with van der Waals surface area (Å²) in [6, 6.07) is 61.3. The van der Waals surface area contributed by atoms with Crippen LogP contribution >= 0.6 is 0 Å². The molecule has 0 unspecified atom stereocenters. The number of rotatable bonds is 5. The molecule has 0 N–H and O–H groups in total. The SMILES string of the molecule is c1ccc(-c2nc(-c3ccccc3)c(-c3cccc(-c4nc5ccccc5c5c4ccc4ccccc45)c3)c(-c3ccccc3)n2)cc1. The summed E-state index contributed by atoms with van der Waals surface area (Å²) < 4.78 is 0. The average Bonchev–Trinajstić information content (AvgIpc) is 3.18. The fraction of sp³-hybridized carbons (Fsp3) is 0. The van der Waals surface area contributed by atoms with Gasteiger partial charge in [0.1, 0.15) is 0 Å². The second-order valence-corrected chi connectivity index (χ2v) is 12.0. The lowest BCUT2D eigenvalue weighted by Gasteiger charge is -2.18. The van der Waals surface area contributed by atoms with E-state index < -0.39 is 0 Å². The number of aromatic nitrogens is 3. The number of hydrogen-bond donors (Lipinski definition) is 0. The molecule has 0 aliphatic carbocycles. The molecule has 0 saturated heterocycles. The first-order chi connectivity index (χ1) is 23.8. The number of pyridine rings is 1. The van der Waals surface area contributed by atoms with Gasteiger partial charge in [0.05, 0.1) is 22.6 Å².